The third-order valence-corrected chi connectivity index (χ3v) is 5.36. The Hall–Kier alpha value is -3.52. The summed E-state index contributed by atoms with van der Waals surface area (Å²) in [4.78, 5) is 47.8. The smallest absolute Gasteiger partial charge is 0.262 e. The van der Waals surface area contributed by atoms with Crippen molar-refractivity contribution >= 4 is 35.2 Å². The lowest BCUT2D eigenvalue weighted by molar-refractivity contribution is -0.116. The van der Waals surface area contributed by atoms with Crippen LogP contribution in [0, 0.1) is 13.8 Å². The standard InChI is InChI=1S/C22H18N4O3S/c1-13-11-14(2)24-22(23-13)30-16-9-7-15(8-10-16)25-19(27)12-26-20(28)17-5-3-4-6-18(17)21(26)29/h3-11H,12H2,1-2H3,(H,25,27). The third kappa shape index (κ3) is 4.08. The number of aryl methyl sites for hydroxylation is 2. The van der Waals surface area contributed by atoms with E-state index in [1.165, 1.54) is 11.8 Å². The number of hydrogen-bond acceptors (Lipinski definition) is 6. The Morgan fingerprint density at radius 1 is 0.933 bits per heavy atom. The number of carbonyl (C=O) groups is 3. The summed E-state index contributed by atoms with van der Waals surface area (Å²) in [6.07, 6.45) is 0. The van der Waals surface area contributed by atoms with Crippen LogP contribution in [0.1, 0.15) is 32.1 Å². The molecule has 2 aromatic carbocycles. The number of carbonyl (C=O) groups excluding carboxylic acids is 3. The van der Waals surface area contributed by atoms with Crippen molar-refractivity contribution < 1.29 is 14.4 Å². The largest absolute Gasteiger partial charge is 0.325 e. The number of anilines is 1. The first kappa shape index (κ1) is 19.8. The second kappa shape index (κ2) is 8.08. The molecule has 0 atom stereocenters. The molecule has 0 spiro atoms. The number of aromatic nitrogens is 2. The van der Waals surface area contributed by atoms with Gasteiger partial charge in [0, 0.05) is 22.0 Å². The molecule has 8 heteroatoms. The zero-order valence-electron chi connectivity index (χ0n) is 16.4. The lowest BCUT2D eigenvalue weighted by atomic mass is 10.1. The second-order valence-corrected chi connectivity index (χ2v) is 7.89. The van der Waals surface area contributed by atoms with Gasteiger partial charge in [-0.15, -0.1) is 0 Å². The van der Waals surface area contributed by atoms with Gasteiger partial charge in [-0.25, -0.2) is 9.97 Å². The average molecular weight is 418 g/mol. The van der Waals surface area contributed by atoms with Gasteiger partial charge in [0.25, 0.3) is 11.8 Å². The normalized spacial score (nSPS) is 12.8. The summed E-state index contributed by atoms with van der Waals surface area (Å²) in [5.74, 6) is -1.35. The lowest BCUT2D eigenvalue weighted by Crippen LogP contribution is -2.37. The van der Waals surface area contributed by atoms with Crippen LogP contribution in [-0.2, 0) is 4.79 Å². The minimum absolute atomic E-state index is 0.324. The number of benzene rings is 2. The van der Waals surface area contributed by atoms with Gasteiger partial charge in [0.2, 0.25) is 5.91 Å². The molecule has 0 saturated carbocycles. The van der Waals surface area contributed by atoms with Crippen LogP contribution >= 0.6 is 11.8 Å². The Morgan fingerprint density at radius 3 is 2.07 bits per heavy atom. The highest BCUT2D eigenvalue weighted by molar-refractivity contribution is 7.99. The molecule has 7 nitrogen and oxygen atoms in total. The molecule has 30 heavy (non-hydrogen) atoms. The van der Waals surface area contributed by atoms with Crippen LogP contribution < -0.4 is 5.32 Å². The molecule has 0 radical (unpaired) electrons. The van der Waals surface area contributed by atoms with Gasteiger partial charge in [-0.2, -0.15) is 0 Å². The number of rotatable bonds is 5. The summed E-state index contributed by atoms with van der Waals surface area (Å²) in [6, 6.07) is 15.7. The van der Waals surface area contributed by atoms with Crippen LogP contribution in [0.5, 0.6) is 0 Å². The van der Waals surface area contributed by atoms with Crippen molar-refractivity contribution in [1.29, 1.82) is 0 Å². The van der Waals surface area contributed by atoms with Gasteiger partial charge >= 0.3 is 0 Å². The topological polar surface area (TPSA) is 92.3 Å². The van der Waals surface area contributed by atoms with Gasteiger partial charge < -0.3 is 5.32 Å². The molecule has 0 aliphatic carbocycles. The number of amides is 3. The van der Waals surface area contributed by atoms with Gasteiger partial charge in [0.1, 0.15) is 6.54 Å². The monoisotopic (exact) mass is 418 g/mol. The molecule has 1 N–H and O–H groups in total. The Balaban J connectivity index is 1.38. The quantitative estimate of drug-likeness (QED) is 0.504. The molecular formula is C22H18N4O3S. The Morgan fingerprint density at radius 2 is 1.50 bits per heavy atom. The van der Waals surface area contributed by atoms with Crippen LogP contribution in [0.4, 0.5) is 5.69 Å². The minimum atomic E-state index is -0.453. The zero-order chi connectivity index (χ0) is 21.3. The molecular weight excluding hydrogens is 400 g/mol. The average Bonchev–Trinajstić information content (AvgIpc) is 2.94. The van der Waals surface area contributed by atoms with Crippen LogP contribution in [0.25, 0.3) is 0 Å². The fraction of sp³-hybridized carbons (Fsp3) is 0.136. The first-order valence-electron chi connectivity index (χ1n) is 9.26. The number of fused-ring (bicyclic) bond motifs is 1. The molecule has 3 aromatic rings. The lowest BCUT2D eigenvalue weighted by Gasteiger charge is -2.13. The Bertz CT molecular complexity index is 1110. The highest BCUT2D eigenvalue weighted by atomic mass is 32.2. The van der Waals surface area contributed by atoms with Crippen molar-refractivity contribution in [3.63, 3.8) is 0 Å². The summed E-state index contributed by atoms with van der Waals surface area (Å²) in [7, 11) is 0. The van der Waals surface area contributed by atoms with E-state index in [-0.39, 0.29) is 6.54 Å². The first-order chi connectivity index (χ1) is 14.4. The summed E-state index contributed by atoms with van der Waals surface area (Å²) >= 11 is 1.43. The van der Waals surface area contributed by atoms with E-state index in [9.17, 15) is 14.4 Å². The number of nitrogens with one attached hydrogen (secondary N) is 1. The number of imide groups is 1. The SMILES string of the molecule is Cc1cc(C)nc(Sc2ccc(NC(=O)CN3C(=O)c4ccccc4C3=O)cc2)n1. The predicted molar refractivity (Wildman–Crippen MR) is 113 cm³/mol. The summed E-state index contributed by atoms with van der Waals surface area (Å²) in [5, 5.41) is 3.38. The number of nitrogens with zero attached hydrogens (tertiary/aromatic N) is 3. The van der Waals surface area contributed by atoms with Crippen molar-refractivity contribution in [2.24, 2.45) is 0 Å². The summed E-state index contributed by atoms with van der Waals surface area (Å²) < 4.78 is 0. The molecule has 3 amide bonds. The summed E-state index contributed by atoms with van der Waals surface area (Å²) in [6.45, 7) is 3.51. The van der Waals surface area contributed by atoms with Crippen LogP contribution in [0.15, 0.2) is 64.6 Å². The van der Waals surface area contributed by atoms with Crippen LogP contribution in [0.2, 0.25) is 0 Å². The molecule has 0 bridgehead atoms. The molecule has 4 rings (SSSR count). The third-order valence-electron chi connectivity index (χ3n) is 4.49. The molecule has 0 saturated heterocycles. The minimum Gasteiger partial charge on any atom is -0.325 e. The molecule has 1 aromatic heterocycles. The van der Waals surface area contributed by atoms with E-state index in [0.29, 0.717) is 22.0 Å². The van der Waals surface area contributed by atoms with Crippen molar-refractivity contribution in [3.05, 3.63) is 77.1 Å². The maximum atomic E-state index is 12.4. The van der Waals surface area contributed by atoms with E-state index in [1.807, 2.05) is 32.0 Å². The van der Waals surface area contributed by atoms with Crippen molar-refractivity contribution in [1.82, 2.24) is 14.9 Å². The maximum absolute atomic E-state index is 12.4. The summed E-state index contributed by atoms with van der Waals surface area (Å²) in [5.41, 5.74) is 3.03. The molecule has 0 fully saturated rings. The zero-order valence-corrected chi connectivity index (χ0v) is 17.2. The van der Waals surface area contributed by atoms with Crippen LogP contribution in [-0.4, -0.2) is 39.1 Å². The van der Waals surface area contributed by atoms with E-state index >= 15 is 0 Å². The maximum Gasteiger partial charge on any atom is 0.262 e. The van der Waals surface area contributed by atoms with E-state index in [1.54, 1.807) is 36.4 Å². The van der Waals surface area contributed by atoms with Gasteiger partial charge in [-0.3, -0.25) is 19.3 Å². The fourth-order valence-corrected chi connectivity index (χ4v) is 4.04. The van der Waals surface area contributed by atoms with E-state index < -0.39 is 17.7 Å². The predicted octanol–water partition coefficient (Wildman–Crippen LogP) is 3.48. The molecule has 1 aliphatic heterocycles. The Kier molecular flexibility index (Phi) is 5.33. The van der Waals surface area contributed by atoms with Gasteiger partial charge in [0.05, 0.1) is 11.1 Å². The van der Waals surface area contributed by atoms with Crippen molar-refractivity contribution in [3.8, 4) is 0 Å². The molecule has 1 aliphatic rings. The van der Waals surface area contributed by atoms with Gasteiger partial charge in [-0.05, 0) is 68.1 Å². The van der Waals surface area contributed by atoms with Crippen LogP contribution in [0.3, 0.4) is 0 Å². The highest BCUT2D eigenvalue weighted by Gasteiger charge is 2.36. The fourth-order valence-electron chi connectivity index (χ4n) is 3.18. The highest BCUT2D eigenvalue weighted by Crippen LogP contribution is 2.26. The van der Waals surface area contributed by atoms with E-state index in [2.05, 4.69) is 15.3 Å². The van der Waals surface area contributed by atoms with Gasteiger partial charge in [-0.1, -0.05) is 12.1 Å². The first-order valence-corrected chi connectivity index (χ1v) is 10.1. The van der Waals surface area contributed by atoms with Crippen molar-refractivity contribution in [2.45, 2.75) is 23.9 Å². The molecule has 0 unspecified atom stereocenters. The van der Waals surface area contributed by atoms with Gasteiger partial charge in [0.15, 0.2) is 5.16 Å². The Labute approximate surface area is 177 Å². The van der Waals surface area contributed by atoms with E-state index in [0.717, 1.165) is 21.2 Å². The molecule has 150 valence electrons. The second-order valence-electron chi connectivity index (χ2n) is 6.85. The number of hydrogen-bond donors (Lipinski definition) is 1. The van der Waals surface area contributed by atoms with E-state index in [4.69, 9.17) is 0 Å². The van der Waals surface area contributed by atoms with Crippen molar-refractivity contribution in [2.75, 3.05) is 11.9 Å². The molecule has 2 heterocycles.